The first-order valence-electron chi connectivity index (χ1n) is 7.66. The van der Waals surface area contributed by atoms with E-state index in [1.807, 2.05) is 0 Å². The summed E-state index contributed by atoms with van der Waals surface area (Å²) in [5.74, 6) is -0.759. The van der Waals surface area contributed by atoms with Crippen LogP contribution in [0.5, 0.6) is 0 Å². The summed E-state index contributed by atoms with van der Waals surface area (Å²) in [7, 11) is 0. The minimum Gasteiger partial charge on any atom is -0.463 e. The van der Waals surface area contributed by atoms with Gasteiger partial charge < -0.3 is 9.73 Å². The Balaban J connectivity index is 1.64. The molecule has 2 amide bonds. The number of hydrogen-bond acceptors (Lipinski definition) is 4. The molecular formula is C19H14FN3O3. The first kappa shape index (κ1) is 17.1. The molecule has 1 aromatic heterocycles. The molecule has 2 N–H and O–H groups in total. The fraction of sp³-hybridized carbons (Fsp3) is 0. The molecule has 0 fully saturated rings. The number of nitrogens with zero attached hydrogens (tertiary/aromatic N) is 1. The number of hydrazone groups is 1. The number of rotatable bonds is 5. The van der Waals surface area contributed by atoms with E-state index in [1.165, 1.54) is 42.8 Å². The van der Waals surface area contributed by atoms with E-state index in [1.54, 1.807) is 30.3 Å². The zero-order valence-electron chi connectivity index (χ0n) is 13.5. The molecule has 0 bridgehead atoms. The summed E-state index contributed by atoms with van der Waals surface area (Å²) in [5.41, 5.74) is 3.43. The molecule has 0 saturated carbocycles. The van der Waals surface area contributed by atoms with Gasteiger partial charge in [0.2, 0.25) is 0 Å². The Kier molecular flexibility index (Phi) is 5.19. The van der Waals surface area contributed by atoms with E-state index >= 15 is 0 Å². The average molecular weight is 351 g/mol. The fourth-order valence-electron chi connectivity index (χ4n) is 2.13. The molecule has 3 rings (SSSR count). The third kappa shape index (κ3) is 4.41. The maximum atomic E-state index is 12.9. The predicted octanol–water partition coefficient (Wildman–Crippen LogP) is 3.43. The predicted molar refractivity (Wildman–Crippen MR) is 94.6 cm³/mol. The lowest BCUT2D eigenvalue weighted by Gasteiger charge is -2.07. The van der Waals surface area contributed by atoms with Crippen molar-refractivity contribution in [1.82, 2.24) is 5.43 Å². The highest BCUT2D eigenvalue weighted by molar-refractivity contribution is 6.05. The number of furan rings is 1. The van der Waals surface area contributed by atoms with Crippen LogP contribution in [0.15, 0.2) is 76.4 Å². The summed E-state index contributed by atoms with van der Waals surface area (Å²) in [4.78, 5) is 24.3. The van der Waals surface area contributed by atoms with Crippen LogP contribution in [0, 0.1) is 5.82 Å². The van der Waals surface area contributed by atoms with Gasteiger partial charge in [-0.2, -0.15) is 5.10 Å². The molecule has 0 aliphatic rings. The highest BCUT2D eigenvalue weighted by atomic mass is 19.1. The van der Waals surface area contributed by atoms with E-state index < -0.39 is 17.6 Å². The number of benzene rings is 2. The highest BCUT2D eigenvalue weighted by Crippen LogP contribution is 2.13. The van der Waals surface area contributed by atoms with E-state index in [9.17, 15) is 14.0 Å². The lowest BCUT2D eigenvalue weighted by Crippen LogP contribution is -2.18. The number of carbonyl (C=O) groups excluding carboxylic acids is 2. The molecule has 2 aromatic carbocycles. The Morgan fingerprint density at radius 1 is 0.962 bits per heavy atom. The second kappa shape index (κ2) is 7.89. The Morgan fingerprint density at radius 3 is 2.50 bits per heavy atom. The van der Waals surface area contributed by atoms with Gasteiger partial charge in [0.25, 0.3) is 11.8 Å². The topological polar surface area (TPSA) is 83.7 Å². The normalized spacial score (nSPS) is 10.7. The lowest BCUT2D eigenvalue weighted by atomic mass is 10.1. The van der Waals surface area contributed by atoms with E-state index in [0.717, 1.165) is 0 Å². The Morgan fingerprint density at radius 2 is 1.77 bits per heavy atom. The molecule has 0 spiro atoms. The summed E-state index contributed by atoms with van der Waals surface area (Å²) in [6, 6.07) is 14.9. The second-order valence-electron chi connectivity index (χ2n) is 5.26. The van der Waals surface area contributed by atoms with E-state index in [-0.39, 0.29) is 0 Å². The molecule has 6 nitrogen and oxygen atoms in total. The number of halogens is 1. The average Bonchev–Trinajstić information content (AvgIpc) is 3.16. The number of carbonyl (C=O) groups is 2. The fourth-order valence-corrected chi connectivity index (χ4v) is 2.13. The van der Waals surface area contributed by atoms with E-state index in [0.29, 0.717) is 22.6 Å². The van der Waals surface area contributed by atoms with Gasteiger partial charge in [0, 0.05) is 16.8 Å². The van der Waals surface area contributed by atoms with Crippen LogP contribution in [0.1, 0.15) is 26.5 Å². The molecule has 0 unspecified atom stereocenters. The molecule has 1 heterocycles. The molecule has 0 aliphatic heterocycles. The monoisotopic (exact) mass is 351 g/mol. The van der Waals surface area contributed by atoms with Crippen LogP contribution in [0.25, 0.3) is 0 Å². The van der Waals surface area contributed by atoms with Crippen molar-refractivity contribution in [2.75, 3.05) is 5.32 Å². The van der Waals surface area contributed by atoms with Crippen molar-refractivity contribution in [1.29, 1.82) is 0 Å². The summed E-state index contributed by atoms with van der Waals surface area (Å²) < 4.78 is 18.0. The molecule has 0 radical (unpaired) electrons. The van der Waals surface area contributed by atoms with Crippen molar-refractivity contribution in [2.24, 2.45) is 5.10 Å². The number of amides is 2. The lowest BCUT2D eigenvalue weighted by molar-refractivity contribution is 0.0953. The van der Waals surface area contributed by atoms with Crippen LogP contribution >= 0.6 is 0 Å². The van der Waals surface area contributed by atoms with Crippen LogP contribution in [0.4, 0.5) is 10.1 Å². The zero-order valence-corrected chi connectivity index (χ0v) is 13.5. The zero-order chi connectivity index (χ0) is 18.4. The van der Waals surface area contributed by atoms with Crippen LogP contribution in [-0.2, 0) is 0 Å². The first-order chi connectivity index (χ1) is 12.6. The molecule has 0 atom stereocenters. The Hall–Kier alpha value is -3.74. The summed E-state index contributed by atoms with van der Waals surface area (Å²) in [5, 5.41) is 6.45. The van der Waals surface area contributed by atoms with Crippen molar-refractivity contribution < 1.29 is 18.4 Å². The van der Waals surface area contributed by atoms with Gasteiger partial charge in [-0.3, -0.25) is 9.59 Å². The van der Waals surface area contributed by atoms with Gasteiger partial charge in [-0.05, 0) is 54.6 Å². The second-order valence-corrected chi connectivity index (χ2v) is 5.26. The van der Waals surface area contributed by atoms with Crippen molar-refractivity contribution in [3.8, 4) is 0 Å². The summed E-state index contributed by atoms with van der Waals surface area (Å²) >= 11 is 0. The van der Waals surface area contributed by atoms with Gasteiger partial charge >= 0.3 is 0 Å². The van der Waals surface area contributed by atoms with E-state index in [4.69, 9.17) is 4.42 Å². The maximum Gasteiger partial charge on any atom is 0.271 e. The Labute approximate surface area is 148 Å². The first-order valence-corrected chi connectivity index (χ1v) is 7.66. The summed E-state index contributed by atoms with van der Waals surface area (Å²) in [6.07, 6.45) is 2.87. The molecular weight excluding hydrogens is 337 g/mol. The molecule has 3 aromatic rings. The number of hydrogen-bond donors (Lipinski definition) is 2. The molecule has 7 heteroatoms. The van der Waals surface area contributed by atoms with Gasteiger partial charge in [0.05, 0.1) is 12.5 Å². The van der Waals surface area contributed by atoms with Gasteiger partial charge in [-0.1, -0.05) is 6.07 Å². The highest BCUT2D eigenvalue weighted by Gasteiger charge is 2.09. The van der Waals surface area contributed by atoms with Crippen LogP contribution in [-0.4, -0.2) is 18.0 Å². The minimum absolute atomic E-state index is 0.310. The molecule has 0 saturated heterocycles. The van der Waals surface area contributed by atoms with Crippen molar-refractivity contribution >= 4 is 23.7 Å². The van der Waals surface area contributed by atoms with Gasteiger partial charge in [-0.25, -0.2) is 9.82 Å². The van der Waals surface area contributed by atoms with Crippen molar-refractivity contribution in [3.63, 3.8) is 0 Å². The molecule has 130 valence electrons. The summed E-state index contributed by atoms with van der Waals surface area (Å²) in [6.45, 7) is 0. The SMILES string of the molecule is O=C(N/N=C/c1ccco1)c1cccc(NC(=O)c2ccc(F)cc2)c1. The Bertz CT molecular complexity index is 935. The third-order valence-corrected chi connectivity index (χ3v) is 3.39. The van der Waals surface area contributed by atoms with Gasteiger partial charge in [-0.15, -0.1) is 0 Å². The minimum atomic E-state index is -0.439. The largest absolute Gasteiger partial charge is 0.463 e. The van der Waals surface area contributed by atoms with Crippen molar-refractivity contribution in [2.45, 2.75) is 0 Å². The van der Waals surface area contributed by atoms with Crippen LogP contribution in [0.2, 0.25) is 0 Å². The van der Waals surface area contributed by atoms with E-state index in [2.05, 4.69) is 15.8 Å². The molecule has 26 heavy (non-hydrogen) atoms. The maximum absolute atomic E-state index is 12.9. The smallest absolute Gasteiger partial charge is 0.271 e. The number of anilines is 1. The van der Waals surface area contributed by atoms with Gasteiger partial charge in [0.15, 0.2) is 0 Å². The van der Waals surface area contributed by atoms with Gasteiger partial charge in [0.1, 0.15) is 11.6 Å². The molecule has 0 aliphatic carbocycles. The van der Waals surface area contributed by atoms with Crippen LogP contribution in [0.3, 0.4) is 0 Å². The quantitative estimate of drug-likeness (QED) is 0.546. The van der Waals surface area contributed by atoms with Crippen LogP contribution < -0.4 is 10.7 Å². The third-order valence-electron chi connectivity index (χ3n) is 3.39. The number of nitrogens with one attached hydrogen (secondary N) is 2. The van der Waals surface area contributed by atoms with Crippen molar-refractivity contribution in [3.05, 3.63) is 89.6 Å². The standard InChI is InChI=1S/C19H14FN3O3/c20-15-8-6-13(7-9-15)18(24)22-16-4-1-3-14(11-16)19(25)23-21-12-17-5-2-10-26-17/h1-12H,(H,22,24)(H,23,25)/b21-12+.